The highest BCUT2D eigenvalue weighted by molar-refractivity contribution is 5.94. The van der Waals surface area contributed by atoms with Crippen LogP contribution < -0.4 is 5.32 Å². The minimum absolute atomic E-state index is 0.204. The number of benzene rings is 2. The molecule has 0 saturated carbocycles. The van der Waals surface area contributed by atoms with Gasteiger partial charge in [-0.1, -0.05) is 23.8 Å². The molecule has 0 aromatic heterocycles. The monoisotopic (exact) mass is 305 g/mol. The maximum absolute atomic E-state index is 13.2. The fraction of sp³-hybridized carbons (Fsp3) is 0.235. The SMILES string of the molecule is Cc1ccc(C(=O)NC(C)C(O)c2ccc(F)c(F)c2)cc1. The first-order chi connectivity index (χ1) is 10.4. The Morgan fingerprint density at radius 2 is 1.73 bits per heavy atom. The predicted molar refractivity (Wildman–Crippen MR) is 79.4 cm³/mol. The average Bonchev–Trinajstić information content (AvgIpc) is 2.49. The second kappa shape index (κ2) is 6.66. The fourth-order valence-corrected chi connectivity index (χ4v) is 2.06. The molecular formula is C17H17F2NO2. The molecule has 0 saturated heterocycles. The summed E-state index contributed by atoms with van der Waals surface area (Å²) < 4.78 is 26.1. The Balaban J connectivity index is 2.07. The zero-order valence-electron chi connectivity index (χ0n) is 12.3. The van der Waals surface area contributed by atoms with Crippen LogP contribution in [0.15, 0.2) is 42.5 Å². The summed E-state index contributed by atoms with van der Waals surface area (Å²) in [6.45, 7) is 3.51. The molecule has 0 aliphatic heterocycles. The van der Waals surface area contributed by atoms with E-state index in [4.69, 9.17) is 0 Å². The zero-order chi connectivity index (χ0) is 16.3. The molecule has 22 heavy (non-hydrogen) atoms. The van der Waals surface area contributed by atoms with Gasteiger partial charge in [-0.25, -0.2) is 8.78 Å². The van der Waals surface area contributed by atoms with Gasteiger partial charge in [-0.3, -0.25) is 4.79 Å². The second-order valence-corrected chi connectivity index (χ2v) is 5.25. The van der Waals surface area contributed by atoms with Crippen molar-refractivity contribution in [3.8, 4) is 0 Å². The van der Waals surface area contributed by atoms with Gasteiger partial charge in [0.15, 0.2) is 11.6 Å². The van der Waals surface area contributed by atoms with Crippen molar-refractivity contribution in [2.45, 2.75) is 26.0 Å². The topological polar surface area (TPSA) is 49.3 Å². The second-order valence-electron chi connectivity index (χ2n) is 5.25. The molecule has 0 aliphatic rings. The van der Waals surface area contributed by atoms with Crippen LogP contribution >= 0.6 is 0 Å². The van der Waals surface area contributed by atoms with Crippen molar-refractivity contribution in [3.63, 3.8) is 0 Å². The molecule has 0 aliphatic carbocycles. The number of hydrogen-bond acceptors (Lipinski definition) is 2. The van der Waals surface area contributed by atoms with Gasteiger partial charge in [-0.05, 0) is 43.7 Å². The number of rotatable bonds is 4. The summed E-state index contributed by atoms with van der Waals surface area (Å²) in [4.78, 5) is 12.1. The van der Waals surface area contributed by atoms with Gasteiger partial charge in [0, 0.05) is 5.56 Å². The smallest absolute Gasteiger partial charge is 0.251 e. The van der Waals surface area contributed by atoms with Gasteiger partial charge >= 0.3 is 0 Å². The number of aliphatic hydroxyl groups excluding tert-OH is 1. The highest BCUT2D eigenvalue weighted by Gasteiger charge is 2.20. The first-order valence-electron chi connectivity index (χ1n) is 6.89. The van der Waals surface area contributed by atoms with Gasteiger partial charge in [0.25, 0.3) is 5.91 Å². The van der Waals surface area contributed by atoms with Crippen LogP contribution in [0.25, 0.3) is 0 Å². The van der Waals surface area contributed by atoms with Crippen LogP contribution in [-0.2, 0) is 0 Å². The summed E-state index contributed by atoms with van der Waals surface area (Å²) in [5, 5.41) is 12.8. The number of aliphatic hydroxyl groups is 1. The van der Waals surface area contributed by atoms with Crippen LogP contribution in [0.1, 0.15) is 34.5 Å². The van der Waals surface area contributed by atoms with Gasteiger partial charge in [-0.15, -0.1) is 0 Å². The van der Waals surface area contributed by atoms with E-state index in [9.17, 15) is 18.7 Å². The standard InChI is InChI=1S/C17H17F2NO2/c1-10-3-5-12(6-4-10)17(22)20-11(2)16(21)13-7-8-14(18)15(19)9-13/h3-9,11,16,21H,1-2H3,(H,20,22). The Morgan fingerprint density at radius 3 is 2.32 bits per heavy atom. The van der Waals surface area contributed by atoms with Gasteiger partial charge in [0.2, 0.25) is 0 Å². The van der Waals surface area contributed by atoms with E-state index in [0.717, 1.165) is 17.7 Å². The quantitative estimate of drug-likeness (QED) is 0.912. The maximum Gasteiger partial charge on any atom is 0.251 e. The highest BCUT2D eigenvalue weighted by Crippen LogP contribution is 2.19. The van der Waals surface area contributed by atoms with Crippen LogP contribution in [0, 0.1) is 18.6 Å². The van der Waals surface area contributed by atoms with Crippen LogP contribution in [-0.4, -0.2) is 17.1 Å². The summed E-state index contributed by atoms with van der Waals surface area (Å²) >= 11 is 0. The summed E-state index contributed by atoms with van der Waals surface area (Å²) in [7, 11) is 0. The van der Waals surface area contributed by atoms with E-state index < -0.39 is 23.8 Å². The molecule has 2 N–H and O–H groups in total. The lowest BCUT2D eigenvalue weighted by Crippen LogP contribution is -2.37. The van der Waals surface area contributed by atoms with Crippen molar-refractivity contribution in [2.24, 2.45) is 0 Å². The molecule has 0 fully saturated rings. The van der Waals surface area contributed by atoms with Crippen molar-refractivity contribution in [1.82, 2.24) is 5.32 Å². The number of nitrogens with one attached hydrogen (secondary N) is 1. The molecule has 2 unspecified atom stereocenters. The van der Waals surface area contributed by atoms with Gasteiger partial charge in [0.1, 0.15) is 0 Å². The number of carbonyl (C=O) groups excluding carboxylic acids is 1. The molecule has 0 radical (unpaired) electrons. The Hall–Kier alpha value is -2.27. The van der Waals surface area contributed by atoms with E-state index in [1.165, 1.54) is 6.07 Å². The minimum Gasteiger partial charge on any atom is -0.386 e. The maximum atomic E-state index is 13.2. The molecule has 2 atom stereocenters. The molecule has 2 rings (SSSR count). The third kappa shape index (κ3) is 3.68. The number of aryl methyl sites for hydroxylation is 1. The van der Waals surface area contributed by atoms with Crippen molar-refractivity contribution in [2.75, 3.05) is 0 Å². The van der Waals surface area contributed by atoms with E-state index in [-0.39, 0.29) is 11.5 Å². The molecule has 3 nitrogen and oxygen atoms in total. The molecule has 2 aromatic rings. The van der Waals surface area contributed by atoms with E-state index in [0.29, 0.717) is 5.56 Å². The molecule has 5 heteroatoms. The van der Waals surface area contributed by atoms with E-state index in [1.54, 1.807) is 19.1 Å². The lowest BCUT2D eigenvalue weighted by atomic mass is 10.0. The number of hydrogen-bond donors (Lipinski definition) is 2. The number of carbonyl (C=O) groups is 1. The molecule has 0 heterocycles. The van der Waals surface area contributed by atoms with Crippen LogP contribution in [0.5, 0.6) is 0 Å². The average molecular weight is 305 g/mol. The molecule has 0 spiro atoms. The predicted octanol–water partition coefficient (Wildman–Crippen LogP) is 3.13. The molecule has 2 aromatic carbocycles. The first-order valence-corrected chi connectivity index (χ1v) is 6.89. The summed E-state index contributed by atoms with van der Waals surface area (Å²) in [5.41, 5.74) is 1.71. The van der Waals surface area contributed by atoms with E-state index in [1.807, 2.05) is 19.1 Å². The highest BCUT2D eigenvalue weighted by atomic mass is 19.2. The minimum atomic E-state index is -1.13. The normalized spacial score (nSPS) is 13.5. The lowest BCUT2D eigenvalue weighted by molar-refractivity contribution is 0.0851. The van der Waals surface area contributed by atoms with E-state index in [2.05, 4.69) is 5.32 Å². The summed E-state index contributed by atoms with van der Waals surface area (Å²) in [6, 6.07) is 9.49. The van der Waals surface area contributed by atoms with Gasteiger partial charge < -0.3 is 10.4 Å². The largest absolute Gasteiger partial charge is 0.386 e. The molecule has 1 amide bonds. The summed E-state index contributed by atoms with van der Waals surface area (Å²) in [5.74, 6) is -2.35. The zero-order valence-corrected chi connectivity index (χ0v) is 12.3. The Labute approximate surface area is 127 Å². The van der Waals surface area contributed by atoms with Crippen molar-refractivity contribution in [3.05, 3.63) is 70.8 Å². The molecule has 0 bridgehead atoms. The van der Waals surface area contributed by atoms with Crippen molar-refractivity contribution >= 4 is 5.91 Å². The Morgan fingerprint density at radius 1 is 1.09 bits per heavy atom. The van der Waals surface area contributed by atoms with Crippen LogP contribution in [0.3, 0.4) is 0 Å². The first kappa shape index (κ1) is 16.1. The molecule has 116 valence electrons. The van der Waals surface area contributed by atoms with E-state index >= 15 is 0 Å². The molecular weight excluding hydrogens is 288 g/mol. The summed E-state index contributed by atoms with van der Waals surface area (Å²) in [6.07, 6.45) is -1.13. The van der Waals surface area contributed by atoms with Gasteiger partial charge in [-0.2, -0.15) is 0 Å². The Kier molecular flexibility index (Phi) is 4.88. The van der Waals surface area contributed by atoms with Crippen LogP contribution in [0.4, 0.5) is 8.78 Å². The van der Waals surface area contributed by atoms with Crippen LogP contribution in [0.2, 0.25) is 0 Å². The number of halogens is 2. The lowest BCUT2D eigenvalue weighted by Gasteiger charge is -2.21. The van der Waals surface area contributed by atoms with Crippen molar-refractivity contribution in [1.29, 1.82) is 0 Å². The van der Waals surface area contributed by atoms with Gasteiger partial charge in [0.05, 0.1) is 12.1 Å². The van der Waals surface area contributed by atoms with Crippen molar-refractivity contribution < 1.29 is 18.7 Å². The Bertz CT molecular complexity index is 671. The third-order valence-corrected chi connectivity index (χ3v) is 3.43. The fourth-order valence-electron chi connectivity index (χ4n) is 2.06. The number of amides is 1. The third-order valence-electron chi connectivity index (χ3n) is 3.43.